The Balaban J connectivity index is 0.000000216. The number of halogens is 7. The summed E-state index contributed by atoms with van der Waals surface area (Å²) in [5, 5.41) is 16.1. The highest BCUT2D eigenvalue weighted by atomic mass is 35.5. The van der Waals surface area contributed by atoms with Crippen molar-refractivity contribution in [3.8, 4) is 22.9 Å². The molecule has 0 atom stereocenters. The maximum absolute atomic E-state index is 14.0. The molecule has 2 aliphatic heterocycles. The molecule has 9 rings (SSSR count). The number of hydrogen-bond acceptors (Lipinski definition) is 12. The van der Waals surface area contributed by atoms with Gasteiger partial charge in [-0.15, -0.1) is 32.8 Å². The Morgan fingerprint density at radius 3 is 1.41 bits per heavy atom. The summed E-state index contributed by atoms with van der Waals surface area (Å²) in [6, 6.07) is 28.3. The molecular weight excluding hydrogens is 1020 g/mol. The minimum atomic E-state index is -3.77. The van der Waals surface area contributed by atoms with Gasteiger partial charge in [-0.1, -0.05) is 48.5 Å². The number of aromatic nitrogens is 4. The minimum absolute atomic E-state index is 0. The van der Waals surface area contributed by atoms with Gasteiger partial charge in [0.2, 0.25) is 37.8 Å². The maximum Gasteiger partial charge on any atom is 0.314 e. The maximum atomic E-state index is 14.0. The van der Waals surface area contributed by atoms with Crippen LogP contribution in [0.2, 0.25) is 0 Å². The molecule has 73 heavy (non-hydrogen) atoms. The van der Waals surface area contributed by atoms with E-state index in [0.29, 0.717) is 92.8 Å². The molecule has 0 radical (unpaired) electrons. The number of benzene rings is 4. The molecule has 6 aromatic rings. The minimum Gasteiger partial charge on any atom is -0.415 e. The van der Waals surface area contributed by atoms with E-state index in [-0.39, 0.29) is 56.2 Å². The lowest BCUT2D eigenvalue weighted by Gasteiger charge is -2.41. The summed E-state index contributed by atoms with van der Waals surface area (Å²) in [4.78, 5) is 2.17. The molecule has 4 aromatic carbocycles. The summed E-state index contributed by atoms with van der Waals surface area (Å²) >= 11 is 0. The standard InChI is InChI=1S/C28H32F4N4O3S.C22H24F2N4O3S.ClH/c1-19-3-2-4-23(17-19)36(18-20-5-7-21(8-6-20)26-33-34-27(39-26)25(29)30)40(37,38)24-11-15-35(16-12-24)22-9-13-28(31,32)14-10-22;1-15-3-2-4-18(13-15)28(32(29,30)19-9-11-25-12-10-19)14-16-5-7-17(8-6-16)21-26-27-22(31-21)20(23)24;/h2-8,17,22,24-25H,9-16,18H2,1H3;2-8,13,19-20,25H,9-12,14H2,1H3;1H. The highest BCUT2D eigenvalue weighted by Crippen LogP contribution is 2.38. The van der Waals surface area contributed by atoms with E-state index in [4.69, 9.17) is 8.83 Å². The van der Waals surface area contributed by atoms with Crippen LogP contribution in [0.25, 0.3) is 22.9 Å². The first-order chi connectivity index (χ1) is 34.4. The van der Waals surface area contributed by atoms with Crippen LogP contribution < -0.4 is 13.9 Å². The topological polar surface area (TPSA) is 168 Å². The molecule has 1 saturated carbocycles. The van der Waals surface area contributed by atoms with E-state index in [1.165, 1.54) is 8.61 Å². The second-order valence-corrected chi connectivity index (χ2v) is 22.7. The molecule has 4 heterocycles. The Morgan fingerprint density at radius 2 is 1.03 bits per heavy atom. The van der Waals surface area contributed by atoms with E-state index in [1.54, 1.807) is 60.7 Å². The summed E-state index contributed by atoms with van der Waals surface area (Å²) in [6.07, 6.45) is -3.08. The quantitative estimate of drug-likeness (QED) is 0.0968. The van der Waals surface area contributed by atoms with Gasteiger partial charge < -0.3 is 19.1 Å². The molecule has 23 heteroatoms. The first-order valence-electron chi connectivity index (χ1n) is 23.8. The van der Waals surface area contributed by atoms with E-state index in [0.717, 1.165) is 16.7 Å². The zero-order chi connectivity index (χ0) is 51.2. The lowest BCUT2D eigenvalue weighted by Crippen LogP contribution is -2.49. The van der Waals surface area contributed by atoms with Crippen molar-refractivity contribution in [3.63, 3.8) is 0 Å². The Kier molecular flexibility index (Phi) is 18.0. The molecule has 0 bridgehead atoms. The lowest BCUT2D eigenvalue weighted by atomic mass is 9.90. The highest BCUT2D eigenvalue weighted by Gasteiger charge is 2.41. The number of nitrogens with one attached hydrogen (secondary N) is 1. The third kappa shape index (κ3) is 13.6. The summed E-state index contributed by atoms with van der Waals surface area (Å²) in [6.45, 7) is 6.51. The average molecular weight is 1080 g/mol. The lowest BCUT2D eigenvalue weighted by molar-refractivity contribution is -0.0552. The van der Waals surface area contributed by atoms with Crippen molar-refractivity contribution in [2.24, 2.45) is 0 Å². The van der Waals surface area contributed by atoms with Crippen molar-refractivity contribution in [2.75, 3.05) is 34.8 Å². The first-order valence-corrected chi connectivity index (χ1v) is 26.8. The van der Waals surface area contributed by atoms with Gasteiger partial charge in [0.1, 0.15) is 0 Å². The van der Waals surface area contributed by atoms with E-state index >= 15 is 0 Å². The Morgan fingerprint density at radius 1 is 0.616 bits per heavy atom. The normalized spacial score (nSPS) is 17.2. The van der Waals surface area contributed by atoms with Crippen LogP contribution in [0.15, 0.2) is 106 Å². The second-order valence-electron chi connectivity index (χ2n) is 18.4. The van der Waals surface area contributed by atoms with Crippen LogP contribution in [-0.2, 0) is 33.1 Å². The molecule has 0 unspecified atom stereocenters. The number of nitrogens with zero attached hydrogens (tertiary/aromatic N) is 7. The first kappa shape index (κ1) is 55.2. The van der Waals surface area contributed by atoms with Gasteiger partial charge in [0, 0.05) is 30.0 Å². The van der Waals surface area contributed by atoms with Crippen LogP contribution in [-0.4, -0.2) is 90.8 Å². The molecule has 2 saturated heterocycles. The van der Waals surface area contributed by atoms with Crippen LogP contribution in [0.1, 0.15) is 98.3 Å². The number of sulfonamides is 2. The van der Waals surface area contributed by atoms with Crippen molar-refractivity contribution in [2.45, 2.75) is 114 Å². The molecule has 14 nitrogen and oxygen atoms in total. The smallest absolute Gasteiger partial charge is 0.314 e. The van der Waals surface area contributed by atoms with Gasteiger partial charge in [-0.3, -0.25) is 8.61 Å². The second kappa shape index (κ2) is 23.8. The van der Waals surface area contributed by atoms with Gasteiger partial charge >= 0.3 is 12.9 Å². The van der Waals surface area contributed by atoms with E-state index in [2.05, 4.69) is 30.6 Å². The zero-order valence-electron chi connectivity index (χ0n) is 40.1. The van der Waals surface area contributed by atoms with Crippen LogP contribution in [0.3, 0.4) is 0 Å². The molecule has 2 aromatic heterocycles. The van der Waals surface area contributed by atoms with Crippen molar-refractivity contribution >= 4 is 43.8 Å². The van der Waals surface area contributed by atoms with E-state index < -0.39 is 61.1 Å². The van der Waals surface area contributed by atoms with Crippen molar-refractivity contribution in [1.82, 2.24) is 30.6 Å². The van der Waals surface area contributed by atoms with Crippen molar-refractivity contribution < 1.29 is 52.0 Å². The van der Waals surface area contributed by atoms with E-state index in [1.807, 2.05) is 50.2 Å². The number of likely N-dealkylation sites (tertiary alicyclic amines) is 1. The molecular formula is C50H57ClF6N8O6S2. The monoisotopic (exact) mass is 1080 g/mol. The summed E-state index contributed by atoms with van der Waals surface area (Å²) < 4.78 is 146. The number of aryl methyl sites for hydroxylation is 2. The van der Waals surface area contributed by atoms with Gasteiger partial charge in [-0.2, -0.15) is 17.6 Å². The molecule has 1 aliphatic carbocycles. The largest absolute Gasteiger partial charge is 0.415 e. The van der Waals surface area contributed by atoms with Crippen LogP contribution >= 0.6 is 12.4 Å². The Hall–Kier alpha value is -5.55. The number of rotatable bonds is 15. The molecule has 3 aliphatic rings. The fraction of sp³-hybridized carbons (Fsp3) is 0.440. The van der Waals surface area contributed by atoms with Crippen LogP contribution in [0.4, 0.5) is 37.7 Å². The molecule has 0 amide bonds. The molecule has 394 valence electrons. The molecule has 3 fully saturated rings. The fourth-order valence-electron chi connectivity index (χ4n) is 9.32. The average Bonchev–Trinajstić information content (AvgIpc) is 4.08. The number of anilines is 2. The van der Waals surface area contributed by atoms with Crippen molar-refractivity contribution in [3.05, 3.63) is 131 Å². The van der Waals surface area contributed by atoms with Gasteiger partial charge in [-0.05, 0) is 149 Å². The summed E-state index contributed by atoms with van der Waals surface area (Å²) in [5.41, 5.74) is 5.44. The third-order valence-electron chi connectivity index (χ3n) is 13.3. The summed E-state index contributed by atoms with van der Waals surface area (Å²) in [5.74, 6) is -4.14. The fourth-order valence-corrected chi connectivity index (χ4v) is 13.2. The zero-order valence-corrected chi connectivity index (χ0v) is 42.5. The van der Waals surface area contributed by atoms with Crippen LogP contribution in [0.5, 0.6) is 0 Å². The number of hydrogen-bond donors (Lipinski definition) is 1. The Bertz CT molecular complexity index is 2960. The SMILES string of the molecule is Cc1cccc(N(Cc2ccc(-c3nnc(C(F)F)o3)cc2)S(=O)(=O)C2CCN(C3CCC(F)(F)CC3)CC2)c1.Cc1cccc(N(Cc2ccc(-c3nnc(C(F)F)o3)cc2)S(=O)(=O)C2CCNCC2)c1.Cl. The third-order valence-corrected chi connectivity index (χ3v) is 17.8. The van der Waals surface area contributed by atoms with Gasteiger partial charge in [0.25, 0.3) is 11.8 Å². The highest BCUT2D eigenvalue weighted by molar-refractivity contribution is 7.93. The number of alkyl halides is 6. The van der Waals surface area contributed by atoms with Gasteiger partial charge in [-0.25, -0.2) is 25.6 Å². The van der Waals surface area contributed by atoms with E-state index in [9.17, 15) is 43.2 Å². The van der Waals surface area contributed by atoms with Gasteiger partial charge in [0.05, 0.1) is 35.0 Å². The van der Waals surface area contributed by atoms with Gasteiger partial charge in [0.15, 0.2) is 0 Å². The number of piperidine rings is 2. The molecule has 0 spiro atoms. The summed E-state index contributed by atoms with van der Waals surface area (Å²) in [7, 11) is -7.36. The predicted molar refractivity (Wildman–Crippen MR) is 267 cm³/mol. The van der Waals surface area contributed by atoms with Crippen LogP contribution in [0, 0.1) is 13.8 Å². The Labute approximate surface area is 427 Å². The van der Waals surface area contributed by atoms with Crippen molar-refractivity contribution in [1.29, 1.82) is 0 Å². The molecule has 1 N–H and O–H groups in total. The predicted octanol–water partition coefficient (Wildman–Crippen LogP) is 10.9.